The van der Waals surface area contributed by atoms with Crippen molar-refractivity contribution in [1.29, 1.82) is 0 Å². The van der Waals surface area contributed by atoms with Crippen LogP contribution in [0, 0.1) is 0 Å². The van der Waals surface area contributed by atoms with Crippen LogP contribution < -0.4 is 5.38 Å². The van der Waals surface area contributed by atoms with Gasteiger partial charge in [0.1, 0.15) is 0 Å². The van der Waals surface area contributed by atoms with Crippen LogP contribution >= 0.6 is 0 Å². The molecule has 0 fully saturated rings. The van der Waals surface area contributed by atoms with Gasteiger partial charge in [0.25, 0.3) is 0 Å². The molecule has 2 heterocycles. The molecule has 2 nitrogen and oxygen atoms in total. The second kappa shape index (κ2) is 12.8. The predicted molar refractivity (Wildman–Crippen MR) is 137 cm³/mol. The fourth-order valence-electron chi connectivity index (χ4n) is 5.37. The summed E-state index contributed by atoms with van der Waals surface area (Å²) in [6, 6.07) is 6.19. The zero-order valence-corrected chi connectivity index (χ0v) is 24.7. The maximum atomic E-state index is 6.84. The second-order valence-electron chi connectivity index (χ2n) is 9.59. The van der Waals surface area contributed by atoms with Gasteiger partial charge in [-0.1, -0.05) is 0 Å². The van der Waals surface area contributed by atoms with Crippen LogP contribution in [0.4, 0.5) is 0 Å². The van der Waals surface area contributed by atoms with Crippen LogP contribution in [-0.4, -0.2) is 26.5 Å². The molecule has 1 atom stereocenters. The zero-order chi connectivity index (χ0) is 22.0. The molecule has 0 amide bonds. The molecule has 0 bridgehead atoms. The van der Waals surface area contributed by atoms with Gasteiger partial charge in [-0.2, -0.15) is 0 Å². The quantitative estimate of drug-likeness (QED) is 0.208. The SMILES string of the molecule is CCC[CH2][Sn]([CH2]CCC)([CH2]CCC)[C]1=CC[C@H](c2coc([Si](CC)(CC)CC)c2)O1. The molecule has 30 heavy (non-hydrogen) atoms. The van der Waals surface area contributed by atoms with Crippen molar-refractivity contribution < 1.29 is 9.15 Å². The van der Waals surface area contributed by atoms with Gasteiger partial charge in [0, 0.05) is 0 Å². The van der Waals surface area contributed by atoms with Gasteiger partial charge in [-0.25, -0.2) is 0 Å². The van der Waals surface area contributed by atoms with Crippen LogP contribution in [0.25, 0.3) is 0 Å². The van der Waals surface area contributed by atoms with Crippen LogP contribution in [0.15, 0.2) is 26.6 Å². The van der Waals surface area contributed by atoms with Gasteiger partial charge in [0.05, 0.1) is 0 Å². The summed E-state index contributed by atoms with van der Waals surface area (Å²) in [4.78, 5) is 0. The summed E-state index contributed by atoms with van der Waals surface area (Å²) in [5.74, 6) is 0. The van der Waals surface area contributed by atoms with E-state index in [4.69, 9.17) is 9.15 Å². The Hall–Kier alpha value is -0.164. The molecule has 0 unspecified atom stereocenters. The van der Waals surface area contributed by atoms with Crippen LogP contribution in [0.3, 0.4) is 0 Å². The Bertz CT molecular complexity index is 617. The molecule has 1 aromatic rings. The van der Waals surface area contributed by atoms with E-state index < -0.39 is 26.5 Å². The number of ether oxygens (including phenoxy) is 1. The van der Waals surface area contributed by atoms with Crippen molar-refractivity contribution in [1.82, 2.24) is 0 Å². The van der Waals surface area contributed by atoms with E-state index in [0.717, 1.165) is 6.42 Å². The second-order valence-corrected chi connectivity index (χ2v) is 27.8. The van der Waals surface area contributed by atoms with Crippen molar-refractivity contribution in [3.8, 4) is 0 Å². The Labute approximate surface area is 192 Å². The van der Waals surface area contributed by atoms with Crippen molar-refractivity contribution in [2.45, 2.75) is 124 Å². The molecular formula is C26H48O2SiSn. The fourth-order valence-corrected chi connectivity index (χ4v) is 24.5. The van der Waals surface area contributed by atoms with Crippen LogP contribution in [0.2, 0.25) is 31.4 Å². The van der Waals surface area contributed by atoms with Gasteiger partial charge in [0.2, 0.25) is 0 Å². The summed E-state index contributed by atoms with van der Waals surface area (Å²) >= 11 is -2.45. The Morgan fingerprint density at radius 2 is 1.40 bits per heavy atom. The average molecular weight is 539 g/mol. The predicted octanol–water partition coefficient (Wildman–Crippen LogP) is 8.73. The van der Waals surface area contributed by atoms with E-state index >= 15 is 0 Å². The maximum absolute atomic E-state index is 6.84. The van der Waals surface area contributed by atoms with E-state index in [-0.39, 0.29) is 6.10 Å². The molecule has 0 saturated carbocycles. The van der Waals surface area contributed by atoms with E-state index in [1.54, 1.807) is 0 Å². The van der Waals surface area contributed by atoms with Crippen molar-refractivity contribution in [3.05, 3.63) is 27.7 Å². The van der Waals surface area contributed by atoms with Crippen LogP contribution in [-0.2, 0) is 4.74 Å². The first kappa shape index (κ1) is 26.1. The molecule has 1 aromatic heterocycles. The summed E-state index contributed by atoms with van der Waals surface area (Å²) in [7, 11) is -1.46. The molecule has 172 valence electrons. The van der Waals surface area contributed by atoms with E-state index in [0.29, 0.717) is 0 Å². The molecule has 2 rings (SSSR count). The summed E-state index contributed by atoms with van der Waals surface area (Å²) in [5, 5.41) is 1.31. The topological polar surface area (TPSA) is 22.4 Å². The number of unbranched alkanes of at least 4 members (excludes halogenated alkanes) is 3. The third kappa shape index (κ3) is 5.99. The third-order valence-corrected chi connectivity index (χ3v) is 28.4. The van der Waals surface area contributed by atoms with Crippen molar-refractivity contribution >= 4 is 31.8 Å². The fraction of sp³-hybridized carbons (Fsp3) is 0.769. The van der Waals surface area contributed by atoms with E-state index in [1.165, 1.54) is 84.7 Å². The van der Waals surface area contributed by atoms with E-state index in [9.17, 15) is 0 Å². The van der Waals surface area contributed by atoms with Gasteiger partial charge in [-0.15, -0.1) is 0 Å². The number of furan rings is 1. The molecule has 0 aliphatic carbocycles. The Balaban J connectivity index is 2.20. The molecule has 0 spiro atoms. The molecule has 0 aromatic carbocycles. The van der Waals surface area contributed by atoms with Crippen LogP contribution in [0.5, 0.6) is 0 Å². The molecule has 1 aliphatic heterocycles. The van der Waals surface area contributed by atoms with Gasteiger partial charge in [-0.3, -0.25) is 0 Å². The standard InChI is InChI=1S/C14H21O2Si.3C4H9.Sn/c1-4-17(5-2,6-3)14-10-12(11-16-14)13-8-7-9-15-13;3*1-3-4-2;/h7,10-11,13H,4-6,8H2,1-3H3;3*1,3-4H2,2H3;/t13-;;;;/m1..../s1. The third-order valence-electron chi connectivity index (χ3n) is 7.88. The van der Waals surface area contributed by atoms with Crippen LogP contribution in [0.1, 0.15) is 98.2 Å². The van der Waals surface area contributed by atoms with Gasteiger partial charge >= 0.3 is 193 Å². The monoisotopic (exact) mass is 540 g/mol. The summed E-state index contributed by atoms with van der Waals surface area (Å²) < 4.78 is 19.0. The van der Waals surface area contributed by atoms with Crippen molar-refractivity contribution in [2.75, 3.05) is 0 Å². The number of hydrogen-bond donors (Lipinski definition) is 0. The van der Waals surface area contributed by atoms with Gasteiger partial charge < -0.3 is 0 Å². The molecule has 1 aliphatic rings. The average Bonchev–Trinajstić information content (AvgIpc) is 3.46. The summed E-state index contributed by atoms with van der Waals surface area (Å²) in [6.07, 6.45) is 13.9. The van der Waals surface area contributed by atoms with E-state index in [2.05, 4.69) is 53.7 Å². The summed E-state index contributed by atoms with van der Waals surface area (Å²) in [6.45, 7) is 14.1. The zero-order valence-electron chi connectivity index (χ0n) is 20.8. The first-order valence-electron chi connectivity index (χ1n) is 13.0. The molecule has 4 heteroatoms. The first-order valence-corrected chi connectivity index (χ1v) is 23.1. The Morgan fingerprint density at radius 1 is 0.867 bits per heavy atom. The van der Waals surface area contributed by atoms with Gasteiger partial charge in [-0.05, 0) is 0 Å². The number of rotatable bonds is 15. The first-order chi connectivity index (χ1) is 14.5. The Morgan fingerprint density at radius 3 is 1.87 bits per heavy atom. The molecule has 0 saturated heterocycles. The Kier molecular flexibility index (Phi) is 11.1. The minimum atomic E-state index is -2.45. The van der Waals surface area contributed by atoms with Gasteiger partial charge in [0.15, 0.2) is 0 Å². The normalized spacial score (nSPS) is 17.3. The molecule has 0 radical (unpaired) electrons. The van der Waals surface area contributed by atoms with Crippen molar-refractivity contribution in [3.63, 3.8) is 0 Å². The van der Waals surface area contributed by atoms with E-state index in [1.807, 2.05) is 6.26 Å². The van der Waals surface area contributed by atoms with Crippen molar-refractivity contribution in [2.24, 2.45) is 0 Å². The number of hydrogen-bond acceptors (Lipinski definition) is 2. The molecule has 0 N–H and O–H groups in total. The summed E-state index contributed by atoms with van der Waals surface area (Å²) in [5.41, 5.74) is 1.30. The molecular weight excluding hydrogens is 491 g/mol. The minimum absolute atomic E-state index is 0.204.